The minimum absolute atomic E-state index is 0.0714. The Kier molecular flexibility index (Phi) is 38.9. The summed E-state index contributed by atoms with van der Waals surface area (Å²) in [6.07, 6.45) is 30.3. The highest BCUT2D eigenvalue weighted by Gasteiger charge is 2.38. The fourth-order valence-corrected chi connectivity index (χ4v) is 21.0. The van der Waals surface area contributed by atoms with Gasteiger partial charge in [-0.25, -0.2) is 9.97 Å². The topological polar surface area (TPSA) is 308 Å². The van der Waals surface area contributed by atoms with Crippen molar-refractivity contribution in [2.75, 3.05) is 103 Å². The van der Waals surface area contributed by atoms with Crippen LogP contribution in [0.2, 0.25) is 10.0 Å². The predicted molar refractivity (Wildman–Crippen MR) is 525 cm³/mol. The molecule has 2 amide bonds. The molecule has 4 aromatic carbocycles. The number of rotatable bonds is 36. The zero-order valence-electron chi connectivity index (χ0n) is 78.9. The van der Waals surface area contributed by atoms with Crippen molar-refractivity contribution in [2.45, 2.75) is 243 Å². The molecule has 16 rings (SSSR count). The highest BCUT2D eigenvalue weighted by molar-refractivity contribution is 6.31. The Balaban J connectivity index is 0.000000152. The van der Waals surface area contributed by atoms with Crippen LogP contribution >= 0.6 is 23.2 Å². The fraction of sp³-hybridized carbons (Fsp3) is 0.519. The standard InChI is InChI=1S/2C27H34ClN3O2.2C27H35N3O4/c1-19(32)26(22-6-4-8-23(28)18-22)31-16-13-20(14-17-31)25(33)10-3-2-9-24-12-11-21-7-5-15-29-27(21)30-24;1-19(32)26(21-8-11-23(28)12-9-21)31-17-14-20(15-18-31)25(33)7-3-2-6-24-13-10-22-5-4-16-29-27(22)30-24;1-34-24-11-5-3-9-22(24)25(27(32)33)30-17-14-20(15-18-30)26(31)28-16-6-8-21-13-12-19-7-2-4-10-23(19)29-21;1-34-23-9-4-7-21(18-23)25(27(32)33)30-16-13-20(14-17-30)26(31)28-15-5-8-22-12-11-19-6-2-3-10-24(19)29-22/h4,6,8,11-12,18,20,26H,2-3,5,7,9-10,13-17H2,1H3,(H,29,30);8-13,20,26H,2-7,14-18H2,1H3,(H,29,30);3,5,9,11-13,20,25H,2,4,6-8,10,14-18H2,1H3,(H,28,31)(H,32,33);4,7,9,11-12,18,20,25H,2-3,5-6,8,10,13-17H2,1H3,(H,28,31)(H,32,33). The molecule has 0 saturated carbocycles. The van der Waals surface area contributed by atoms with Gasteiger partial charge < -0.3 is 41.0 Å². The van der Waals surface area contributed by atoms with Crippen LogP contribution in [0, 0.1) is 23.7 Å². The lowest BCUT2D eigenvalue weighted by Gasteiger charge is -2.36. The van der Waals surface area contributed by atoms with Gasteiger partial charge in [0.05, 0.1) is 26.3 Å². The molecule has 0 bridgehead atoms. The lowest BCUT2D eigenvalue weighted by atomic mass is 9.88. The number of aryl methyl sites for hydroxylation is 10. The molecule has 716 valence electrons. The van der Waals surface area contributed by atoms with Crippen molar-refractivity contribution in [2.24, 2.45) is 23.7 Å². The van der Waals surface area contributed by atoms with Gasteiger partial charge in [0.1, 0.15) is 46.8 Å². The molecule has 0 radical (unpaired) electrons. The Hall–Kier alpha value is -10.3. The maximum absolute atomic E-state index is 12.8. The quantitative estimate of drug-likeness (QED) is 0.0199. The molecular formula is C108H138Cl2N12O12. The zero-order valence-corrected chi connectivity index (χ0v) is 80.4. The summed E-state index contributed by atoms with van der Waals surface area (Å²) in [5.74, 6) is 2.74. The number of ketones is 4. The number of aliphatic carboxylic acids is 2. The van der Waals surface area contributed by atoms with Crippen molar-refractivity contribution in [1.82, 2.24) is 50.2 Å². The highest BCUT2D eigenvalue weighted by atomic mass is 35.5. The second-order valence-corrected chi connectivity index (χ2v) is 38.3. The van der Waals surface area contributed by atoms with Crippen LogP contribution in [0.3, 0.4) is 0 Å². The summed E-state index contributed by atoms with van der Waals surface area (Å²) in [7, 11) is 3.12. The minimum Gasteiger partial charge on any atom is -0.497 e. The molecule has 0 spiro atoms. The van der Waals surface area contributed by atoms with Crippen LogP contribution in [0.25, 0.3) is 0 Å². The van der Waals surface area contributed by atoms with E-state index >= 15 is 0 Å². The second-order valence-electron chi connectivity index (χ2n) is 37.4. The molecule has 4 fully saturated rings. The molecular weight excluding hydrogens is 1730 g/mol. The van der Waals surface area contributed by atoms with Gasteiger partial charge in [-0.1, -0.05) is 102 Å². The number of carboxylic acid groups (broad SMARTS) is 2. The Morgan fingerprint density at radius 2 is 0.799 bits per heavy atom. The van der Waals surface area contributed by atoms with E-state index in [-0.39, 0.29) is 59.1 Å². The van der Waals surface area contributed by atoms with E-state index < -0.39 is 24.0 Å². The summed E-state index contributed by atoms with van der Waals surface area (Å²) in [4.78, 5) is 127. The summed E-state index contributed by atoms with van der Waals surface area (Å²) in [5, 5.41) is 34.0. The fourth-order valence-electron chi connectivity index (χ4n) is 20.6. The number of hydrogen-bond donors (Lipinski definition) is 6. The average Bonchev–Trinajstić information content (AvgIpc) is 0.811. The van der Waals surface area contributed by atoms with Crippen molar-refractivity contribution >= 4 is 81.7 Å². The number of carbonyl (C=O) groups excluding carboxylic acids is 6. The van der Waals surface area contributed by atoms with Gasteiger partial charge >= 0.3 is 11.9 Å². The Morgan fingerprint density at radius 3 is 1.25 bits per heavy atom. The van der Waals surface area contributed by atoms with Gasteiger partial charge in [0, 0.05) is 139 Å². The van der Waals surface area contributed by atoms with Crippen LogP contribution in [0.15, 0.2) is 146 Å². The molecule has 8 aliphatic rings. The van der Waals surface area contributed by atoms with Crippen molar-refractivity contribution in [3.05, 3.63) is 234 Å². The summed E-state index contributed by atoms with van der Waals surface area (Å²) < 4.78 is 10.6. The number of hydrogen-bond acceptors (Lipinski definition) is 20. The van der Waals surface area contributed by atoms with E-state index in [1.165, 1.54) is 72.2 Å². The summed E-state index contributed by atoms with van der Waals surface area (Å²) in [6.45, 7) is 11.9. The monoisotopic (exact) mass is 1860 g/mol. The summed E-state index contributed by atoms with van der Waals surface area (Å²) in [5.41, 5.74) is 15.6. The van der Waals surface area contributed by atoms with E-state index in [1.807, 2.05) is 82.6 Å². The first-order chi connectivity index (χ1) is 65.1. The van der Waals surface area contributed by atoms with Crippen LogP contribution < -0.4 is 30.7 Å². The Labute approximate surface area is 801 Å². The van der Waals surface area contributed by atoms with Gasteiger partial charge in [0.15, 0.2) is 11.6 Å². The average molecular weight is 1870 g/mol. The first-order valence-corrected chi connectivity index (χ1v) is 50.1. The smallest absolute Gasteiger partial charge is 0.325 e. The van der Waals surface area contributed by atoms with E-state index in [1.54, 1.807) is 52.3 Å². The number of likely N-dealkylation sites (tertiary alicyclic amines) is 4. The first kappa shape index (κ1) is 101. The molecule has 4 saturated heterocycles. The maximum Gasteiger partial charge on any atom is 0.325 e. The second kappa shape index (κ2) is 51.6. The number of benzene rings is 4. The molecule has 10 heterocycles. The van der Waals surface area contributed by atoms with Crippen molar-refractivity contribution in [3.8, 4) is 11.5 Å². The Bertz CT molecular complexity index is 5240. The number of carbonyl (C=O) groups is 8. The number of nitrogens with zero attached hydrogens (tertiary/aromatic N) is 8. The number of nitrogens with one attached hydrogen (secondary N) is 4. The number of unbranched alkanes of at least 4 members (excludes halogenated alkanes) is 2. The molecule has 26 heteroatoms. The largest absolute Gasteiger partial charge is 0.497 e. The van der Waals surface area contributed by atoms with Crippen LogP contribution in [-0.4, -0.2) is 189 Å². The summed E-state index contributed by atoms with van der Waals surface area (Å²) in [6, 6.07) is 44.8. The molecule has 6 N–H and O–H groups in total. The number of carboxylic acids is 2. The third-order valence-corrected chi connectivity index (χ3v) is 28.6. The number of ether oxygens (including phenoxy) is 2. The number of amides is 2. The van der Waals surface area contributed by atoms with Gasteiger partial charge in [0.25, 0.3) is 0 Å². The number of Topliss-reactive ketones (excluding diaryl/α,β-unsaturated/α-hetero) is 4. The van der Waals surface area contributed by atoms with Crippen LogP contribution in [0.5, 0.6) is 11.5 Å². The number of halogens is 2. The molecule has 8 aromatic rings. The normalized spacial score (nSPS) is 17.7. The highest BCUT2D eigenvalue weighted by Crippen LogP contribution is 2.38. The molecule has 6 aliphatic heterocycles. The SMILES string of the molecule is CC(=O)C(c1ccc(Cl)cc1)N1CCC(C(=O)CCCCc2ccc3c(n2)NCCC3)CC1.CC(=O)C(c1cccc(Cl)c1)N1CCC(C(=O)CCCCc2ccc3c(n2)NCCC3)CC1.COc1cccc(C(C(=O)O)N2CCC(C(=O)NCCCc3ccc4c(n3)CCCC4)CC2)c1.COc1ccccc1C(C(=O)O)N1CCC(C(=O)NCCCc2ccc3c(n2)CCCC3)CC1. The van der Waals surface area contributed by atoms with Crippen molar-refractivity contribution in [3.63, 3.8) is 0 Å². The first-order valence-electron chi connectivity index (χ1n) is 49.4. The zero-order chi connectivity index (χ0) is 94.2. The third-order valence-electron chi connectivity index (χ3n) is 28.1. The number of piperidine rings is 4. The molecule has 24 nitrogen and oxygen atoms in total. The van der Waals surface area contributed by atoms with Crippen LogP contribution in [0.4, 0.5) is 11.6 Å². The van der Waals surface area contributed by atoms with Crippen molar-refractivity contribution in [1.29, 1.82) is 0 Å². The van der Waals surface area contributed by atoms with Gasteiger partial charge in [-0.2, -0.15) is 0 Å². The Morgan fingerprint density at radius 1 is 0.396 bits per heavy atom. The minimum atomic E-state index is -0.900. The van der Waals surface area contributed by atoms with E-state index in [0.717, 1.165) is 213 Å². The van der Waals surface area contributed by atoms with Crippen LogP contribution in [-0.2, 0) is 103 Å². The van der Waals surface area contributed by atoms with E-state index in [2.05, 4.69) is 79.6 Å². The number of aromatic nitrogens is 4. The third kappa shape index (κ3) is 29.1. The number of para-hydroxylation sites is 1. The number of methoxy groups -OCH3 is 2. The molecule has 4 aromatic heterocycles. The van der Waals surface area contributed by atoms with Gasteiger partial charge in [-0.3, -0.25) is 67.9 Å². The van der Waals surface area contributed by atoms with Gasteiger partial charge in [-0.05, 0) is 338 Å². The van der Waals surface area contributed by atoms with Gasteiger partial charge in [-0.15, -0.1) is 0 Å². The van der Waals surface area contributed by atoms with Crippen molar-refractivity contribution < 1.29 is 58.0 Å². The molecule has 4 unspecified atom stereocenters. The predicted octanol–water partition coefficient (Wildman–Crippen LogP) is 17.9. The number of fused-ring (bicyclic) bond motifs is 4. The molecule has 4 atom stereocenters. The maximum atomic E-state index is 12.8. The molecule has 2 aliphatic carbocycles. The van der Waals surface area contributed by atoms with Crippen LogP contribution in [0.1, 0.15) is 258 Å². The summed E-state index contributed by atoms with van der Waals surface area (Å²) >= 11 is 12.2. The number of pyridine rings is 4. The molecule has 134 heavy (non-hydrogen) atoms. The van der Waals surface area contributed by atoms with Gasteiger partial charge in [0.2, 0.25) is 11.8 Å². The lowest BCUT2D eigenvalue weighted by Crippen LogP contribution is -2.44. The number of anilines is 2. The van der Waals surface area contributed by atoms with E-state index in [4.69, 9.17) is 52.6 Å². The van der Waals surface area contributed by atoms with E-state index in [0.29, 0.717) is 122 Å². The van der Waals surface area contributed by atoms with E-state index in [9.17, 15) is 48.6 Å². The lowest BCUT2D eigenvalue weighted by molar-refractivity contribution is -0.145.